The third-order valence-electron chi connectivity index (χ3n) is 11.9. The van der Waals surface area contributed by atoms with E-state index < -0.39 is 61.4 Å². The zero-order valence-corrected chi connectivity index (χ0v) is 38.9. The first kappa shape index (κ1) is 49.7. The first-order valence-electron chi connectivity index (χ1n) is 23.4. The summed E-state index contributed by atoms with van der Waals surface area (Å²) in [4.78, 5) is 0. The first-order valence-corrected chi connectivity index (χ1v) is 23.4. The molecular formula is C57H62O12. The molecular weight excluding hydrogens is 877 g/mol. The Bertz CT molecular complexity index is 2340. The van der Waals surface area contributed by atoms with Crippen LogP contribution >= 0.6 is 0 Å². The average molecular weight is 939 g/mol. The molecule has 362 valence electrons. The summed E-state index contributed by atoms with van der Waals surface area (Å²) in [6.45, 7) is 5.34. The highest BCUT2D eigenvalue weighted by molar-refractivity contribution is 5.31. The van der Waals surface area contributed by atoms with E-state index in [0.717, 1.165) is 27.8 Å². The molecule has 0 unspecified atom stereocenters. The normalized spacial score (nSPS) is 24.6. The first-order chi connectivity index (χ1) is 34.0. The number of methoxy groups -OCH3 is 1. The molecule has 0 aliphatic carbocycles. The predicted molar refractivity (Wildman–Crippen MR) is 259 cm³/mol. The summed E-state index contributed by atoms with van der Waals surface area (Å²) in [5.41, 5.74) is 4.76. The molecule has 0 saturated carbocycles. The van der Waals surface area contributed by atoms with E-state index in [-0.39, 0.29) is 46.2 Å². The molecule has 2 aliphatic rings. The van der Waals surface area contributed by atoms with Gasteiger partial charge in [-0.1, -0.05) is 158 Å². The highest BCUT2D eigenvalue weighted by Gasteiger charge is 2.54. The molecule has 2 aliphatic heterocycles. The lowest BCUT2D eigenvalue weighted by Crippen LogP contribution is -2.66. The van der Waals surface area contributed by atoms with Gasteiger partial charge in [-0.15, -0.1) is 6.58 Å². The smallest absolute Gasteiger partial charge is 0.187 e. The maximum Gasteiger partial charge on any atom is 0.187 e. The molecule has 0 aromatic heterocycles. The highest BCUT2D eigenvalue weighted by atomic mass is 16.7. The number of hydrogen-bond acceptors (Lipinski definition) is 12. The molecule has 2 heterocycles. The lowest BCUT2D eigenvalue weighted by molar-refractivity contribution is -0.373. The molecule has 0 radical (unpaired) electrons. The van der Waals surface area contributed by atoms with Gasteiger partial charge in [0.15, 0.2) is 12.6 Å². The molecule has 8 rings (SSSR count). The van der Waals surface area contributed by atoms with Crippen LogP contribution in [0.4, 0.5) is 0 Å². The zero-order valence-electron chi connectivity index (χ0n) is 38.9. The van der Waals surface area contributed by atoms with Crippen molar-refractivity contribution in [2.45, 2.75) is 94.4 Å². The van der Waals surface area contributed by atoms with E-state index in [1.54, 1.807) is 37.5 Å². The van der Waals surface area contributed by atoms with Gasteiger partial charge in [-0.3, -0.25) is 0 Å². The van der Waals surface area contributed by atoms with E-state index in [0.29, 0.717) is 18.1 Å². The monoisotopic (exact) mass is 938 g/mol. The van der Waals surface area contributed by atoms with Crippen molar-refractivity contribution in [3.8, 4) is 11.5 Å². The van der Waals surface area contributed by atoms with E-state index in [2.05, 4.69) is 6.58 Å². The predicted octanol–water partition coefficient (Wildman–Crippen LogP) is 9.03. The van der Waals surface area contributed by atoms with Gasteiger partial charge in [0, 0.05) is 0 Å². The lowest BCUT2D eigenvalue weighted by Gasteiger charge is -2.49. The van der Waals surface area contributed by atoms with Gasteiger partial charge in [-0.05, 0) is 52.1 Å². The van der Waals surface area contributed by atoms with E-state index in [1.807, 2.05) is 152 Å². The quantitative estimate of drug-likeness (QED) is 0.0552. The van der Waals surface area contributed by atoms with E-state index in [9.17, 15) is 5.11 Å². The Morgan fingerprint density at radius 1 is 0.449 bits per heavy atom. The molecule has 0 amide bonds. The van der Waals surface area contributed by atoms with Gasteiger partial charge in [-0.2, -0.15) is 0 Å². The Labute approximate surface area is 405 Å². The van der Waals surface area contributed by atoms with Crippen LogP contribution in [-0.2, 0) is 75.7 Å². The molecule has 2 fully saturated rings. The summed E-state index contributed by atoms with van der Waals surface area (Å²) in [6, 6.07) is 56.7. The van der Waals surface area contributed by atoms with Crippen molar-refractivity contribution in [2.75, 3.05) is 26.9 Å². The minimum absolute atomic E-state index is 0.00984. The van der Waals surface area contributed by atoms with Crippen LogP contribution in [0.3, 0.4) is 0 Å². The third-order valence-corrected chi connectivity index (χ3v) is 11.9. The van der Waals surface area contributed by atoms with Crippen LogP contribution in [0.5, 0.6) is 11.5 Å². The Balaban J connectivity index is 1.17. The van der Waals surface area contributed by atoms with Gasteiger partial charge in [0.2, 0.25) is 0 Å². The summed E-state index contributed by atoms with van der Waals surface area (Å²) in [6.07, 6.45) is -7.99. The van der Waals surface area contributed by atoms with E-state index in [4.69, 9.17) is 52.1 Å². The van der Waals surface area contributed by atoms with Crippen LogP contribution in [-0.4, -0.2) is 93.4 Å². The van der Waals surface area contributed by atoms with Crippen molar-refractivity contribution in [3.05, 3.63) is 216 Å². The third kappa shape index (κ3) is 14.4. The fourth-order valence-electron chi connectivity index (χ4n) is 8.37. The Kier molecular flexibility index (Phi) is 18.9. The standard InChI is InChI=1S/C57H62O12/c1-3-33-61-51-49(40-62-47-31-29-46(59-2)30-32-47)67-56(58)54(65-37-44-25-15-7-16-26-44)53(51)69-57-55(66-38-45-27-17-8-18-28-45)52(64-36-43-23-13-6-14-24-43)50(63-35-42-21-11-5-12-22-42)48(68-57)39-60-34-41-19-9-4-10-20-41/h3-32,48-58H,1,33-40H2,2H3/t48-,49-,50-,51-,52+,53+,54-,55-,56+,57+/m1/s1. The van der Waals surface area contributed by atoms with Crippen molar-refractivity contribution in [1.29, 1.82) is 0 Å². The number of rotatable bonds is 25. The fraction of sp³-hybridized carbons (Fsp3) is 0.333. The second kappa shape index (κ2) is 26.3. The molecule has 0 bridgehead atoms. The molecule has 6 aromatic carbocycles. The van der Waals surface area contributed by atoms with Crippen LogP contribution < -0.4 is 9.47 Å². The fourth-order valence-corrected chi connectivity index (χ4v) is 8.37. The van der Waals surface area contributed by atoms with Crippen molar-refractivity contribution in [1.82, 2.24) is 0 Å². The van der Waals surface area contributed by atoms with Gasteiger partial charge in [0.05, 0.1) is 53.4 Å². The maximum absolute atomic E-state index is 12.0. The minimum Gasteiger partial charge on any atom is -0.497 e. The maximum atomic E-state index is 12.0. The number of benzene rings is 6. The van der Waals surface area contributed by atoms with Gasteiger partial charge < -0.3 is 57.2 Å². The lowest BCUT2D eigenvalue weighted by atomic mass is 9.95. The molecule has 12 heteroatoms. The van der Waals surface area contributed by atoms with Crippen molar-refractivity contribution >= 4 is 0 Å². The molecule has 6 aromatic rings. The number of aliphatic hydroxyl groups excluding tert-OH is 1. The van der Waals surface area contributed by atoms with Crippen molar-refractivity contribution in [2.24, 2.45) is 0 Å². The molecule has 12 nitrogen and oxygen atoms in total. The number of hydrogen-bond donors (Lipinski definition) is 1. The SMILES string of the molecule is C=CCO[C@H]1[C@H](O[C@@H]2O[C@H](COCc3ccccc3)[C@@H](OCc3ccccc3)[C@H](OCc3ccccc3)[C@H]2OCc2ccccc2)[C@@H](OCc2ccccc2)[C@@H](O)O[C@@H]1COc1ccc(OC)cc1. The Morgan fingerprint density at radius 2 is 0.870 bits per heavy atom. The highest BCUT2D eigenvalue weighted by Crippen LogP contribution is 2.36. The van der Waals surface area contributed by atoms with Crippen molar-refractivity contribution in [3.63, 3.8) is 0 Å². The number of aliphatic hydroxyl groups is 1. The Morgan fingerprint density at radius 3 is 1.36 bits per heavy atom. The second-order valence-corrected chi connectivity index (χ2v) is 16.8. The van der Waals surface area contributed by atoms with Gasteiger partial charge in [0.25, 0.3) is 0 Å². The van der Waals surface area contributed by atoms with Crippen LogP contribution in [0.25, 0.3) is 0 Å². The largest absolute Gasteiger partial charge is 0.497 e. The van der Waals surface area contributed by atoms with E-state index in [1.165, 1.54) is 0 Å². The van der Waals surface area contributed by atoms with Crippen molar-refractivity contribution < 1.29 is 57.2 Å². The molecule has 0 spiro atoms. The minimum atomic E-state index is -1.48. The molecule has 10 atom stereocenters. The summed E-state index contributed by atoms with van der Waals surface area (Å²) >= 11 is 0. The molecule has 1 N–H and O–H groups in total. The van der Waals surface area contributed by atoms with Gasteiger partial charge >= 0.3 is 0 Å². The summed E-state index contributed by atoms with van der Waals surface area (Å²) < 4.78 is 72.9. The number of ether oxygens (including phenoxy) is 11. The van der Waals surface area contributed by atoms with Gasteiger partial charge in [0.1, 0.15) is 66.9 Å². The van der Waals surface area contributed by atoms with E-state index >= 15 is 0 Å². The second-order valence-electron chi connectivity index (χ2n) is 16.8. The summed E-state index contributed by atoms with van der Waals surface area (Å²) in [7, 11) is 1.61. The van der Waals surface area contributed by atoms with Crippen LogP contribution in [0.1, 0.15) is 27.8 Å². The summed E-state index contributed by atoms with van der Waals surface area (Å²) in [5, 5.41) is 12.0. The summed E-state index contributed by atoms with van der Waals surface area (Å²) in [5.74, 6) is 1.25. The molecule has 69 heavy (non-hydrogen) atoms. The van der Waals surface area contributed by atoms with Crippen LogP contribution in [0, 0.1) is 0 Å². The van der Waals surface area contributed by atoms with Crippen LogP contribution in [0.2, 0.25) is 0 Å². The van der Waals surface area contributed by atoms with Gasteiger partial charge in [-0.25, -0.2) is 0 Å². The molecule has 2 saturated heterocycles. The van der Waals surface area contributed by atoms with Crippen LogP contribution in [0.15, 0.2) is 189 Å². The topological polar surface area (TPSA) is 122 Å². The zero-order chi connectivity index (χ0) is 47.5. The average Bonchev–Trinajstić information content (AvgIpc) is 3.40. The Hall–Kier alpha value is -5.74.